The molecule has 0 bridgehead atoms. The summed E-state index contributed by atoms with van der Waals surface area (Å²) in [5.74, 6) is 0.0233. The van der Waals surface area contributed by atoms with Gasteiger partial charge in [-0.05, 0) is 6.92 Å². The van der Waals surface area contributed by atoms with Crippen molar-refractivity contribution in [3.8, 4) is 17.5 Å². The Morgan fingerprint density at radius 1 is 1.36 bits per heavy atom. The lowest BCUT2D eigenvalue weighted by atomic mass is 10.4. The summed E-state index contributed by atoms with van der Waals surface area (Å²) < 4.78 is 41.0. The van der Waals surface area contributed by atoms with Gasteiger partial charge in [0.05, 0.1) is 5.02 Å². The Bertz CT molecular complexity index is 921. The van der Waals surface area contributed by atoms with Gasteiger partial charge in [0.2, 0.25) is 5.88 Å². The number of ether oxygens (including phenoxy) is 3. The summed E-state index contributed by atoms with van der Waals surface area (Å²) in [5.41, 5.74) is 0.587. The van der Waals surface area contributed by atoms with Gasteiger partial charge in [0.1, 0.15) is 12.3 Å². The SMILES string of the molecule is CCOC.O=Cc1cc2nc(Oc3ncc(Cl)cc3OCC(F)F)ccn2n1. The molecule has 0 amide bonds. The molecule has 28 heavy (non-hydrogen) atoms. The Balaban J connectivity index is 0.000000640. The van der Waals surface area contributed by atoms with E-state index in [1.165, 1.54) is 35.1 Å². The van der Waals surface area contributed by atoms with E-state index in [0.717, 1.165) is 6.61 Å². The third kappa shape index (κ3) is 6.10. The second kappa shape index (κ2) is 10.5. The van der Waals surface area contributed by atoms with E-state index in [4.69, 9.17) is 21.1 Å². The van der Waals surface area contributed by atoms with Crippen LogP contribution in [0.4, 0.5) is 8.78 Å². The van der Waals surface area contributed by atoms with Crippen LogP contribution >= 0.6 is 11.6 Å². The Kier molecular flexibility index (Phi) is 8.02. The maximum absolute atomic E-state index is 12.3. The van der Waals surface area contributed by atoms with E-state index < -0.39 is 13.0 Å². The lowest BCUT2D eigenvalue weighted by Crippen LogP contribution is -2.08. The highest BCUT2D eigenvalue weighted by atomic mass is 35.5. The highest BCUT2D eigenvalue weighted by Gasteiger charge is 2.13. The first-order valence-electron chi connectivity index (χ1n) is 8.01. The van der Waals surface area contributed by atoms with Crippen molar-refractivity contribution in [2.45, 2.75) is 13.3 Å². The standard InChI is InChI=1S/C14H9ClF2N4O3.C3H8O/c15-8-3-10(23-7-11(16)17)14(18-5-8)24-13-1-2-21-12(19-13)4-9(6-22)20-21;1-3-4-2/h1-6,11H,7H2;3H2,1-2H3. The Morgan fingerprint density at radius 3 is 2.75 bits per heavy atom. The molecular weight excluding hydrogens is 398 g/mol. The van der Waals surface area contributed by atoms with Crippen LogP contribution in [-0.4, -0.2) is 52.6 Å². The van der Waals surface area contributed by atoms with E-state index >= 15 is 0 Å². The van der Waals surface area contributed by atoms with Crippen LogP contribution in [0.2, 0.25) is 5.02 Å². The summed E-state index contributed by atoms with van der Waals surface area (Å²) in [4.78, 5) is 18.8. The van der Waals surface area contributed by atoms with Gasteiger partial charge in [0.25, 0.3) is 12.3 Å². The first kappa shape index (κ1) is 21.5. The van der Waals surface area contributed by atoms with Gasteiger partial charge in [-0.2, -0.15) is 10.1 Å². The second-order valence-corrected chi connectivity index (χ2v) is 5.53. The van der Waals surface area contributed by atoms with E-state index in [2.05, 4.69) is 19.8 Å². The number of carbonyl (C=O) groups excluding carboxylic acids is 1. The predicted octanol–water partition coefficient (Wildman–Crippen LogP) is 3.68. The van der Waals surface area contributed by atoms with Gasteiger partial charge in [-0.15, -0.1) is 0 Å². The van der Waals surface area contributed by atoms with E-state index in [1.807, 2.05) is 6.92 Å². The lowest BCUT2D eigenvalue weighted by Gasteiger charge is -2.11. The normalized spacial score (nSPS) is 10.5. The summed E-state index contributed by atoms with van der Waals surface area (Å²) in [6, 6.07) is 4.25. The number of aromatic nitrogens is 4. The zero-order valence-electron chi connectivity index (χ0n) is 15.0. The highest BCUT2D eigenvalue weighted by molar-refractivity contribution is 6.30. The Labute approximate surface area is 164 Å². The molecule has 0 fully saturated rings. The van der Waals surface area contributed by atoms with Gasteiger partial charge in [-0.3, -0.25) is 4.79 Å². The van der Waals surface area contributed by atoms with Crippen LogP contribution in [0.15, 0.2) is 30.6 Å². The van der Waals surface area contributed by atoms with Gasteiger partial charge >= 0.3 is 0 Å². The molecule has 0 saturated carbocycles. The number of alkyl halides is 2. The number of pyridine rings is 1. The smallest absolute Gasteiger partial charge is 0.272 e. The molecule has 3 rings (SSSR count). The van der Waals surface area contributed by atoms with Crippen molar-refractivity contribution >= 4 is 23.5 Å². The van der Waals surface area contributed by atoms with E-state index in [-0.39, 0.29) is 28.2 Å². The van der Waals surface area contributed by atoms with Crippen molar-refractivity contribution in [2.75, 3.05) is 20.3 Å². The van der Waals surface area contributed by atoms with E-state index in [1.54, 1.807) is 7.11 Å². The molecule has 0 N–H and O–H groups in total. The fourth-order valence-corrected chi connectivity index (χ4v) is 1.98. The van der Waals surface area contributed by atoms with Crippen LogP contribution < -0.4 is 9.47 Å². The summed E-state index contributed by atoms with van der Waals surface area (Å²) in [5, 5.41) is 4.16. The van der Waals surface area contributed by atoms with Crippen LogP contribution in [-0.2, 0) is 4.74 Å². The molecule has 3 aromatic heterocycles. The van der Waals surface area contributed by atoms with Crippen LogP contribution in [0, 0.1) is 0 Å². The number of carbonyl (C=O) groups is 1. The van der Waals surface area contributed by atoms with Gasteiger partial charge in [-0.25, -0.2) is 18.3 Å². The van der Waals surface area contributed by atoms with Crippen LogP contribution in [0.5, 0.6) is 17.5 Å². The predicted molar refractivity (Wildman–Crippen MR) is 96.7 cm³/mol. The van der Waals surface area contributed by atoms with Crippen molar-refractivity contribution in [1.29, 1.82) is 0 Å². The largest absolute Gasteiger partial charge is 0.482 e. The summed E-state index contributed by atoms with van der Waals surface area (Å²) in [6.07, 6.45) is 0.750. The number of hydrogen-bond donors (Lipinski definition) is 0. The molecule has 0 atom stereocenters. The van der Waals surface area contributed by atoms with Crippen LogP contribution in [0.1, 0.15) is 17.4 Å². The maximum Gasteiger partial charge on any atom is 0.272 e. The third-order valence-electron chi connectivity index (χ3n) is 3.08. The molecular formula is C17H17ClF2N4O4. The first-order chi connectivity index (χ1) is 13.5. The maximum atomic E-state index is 12.3. The van der Waals surface area contributed by atoms with Gasteiger partial charge < -0.3 is 14.2 Å². The highest BCUT2D eigenvalue weighted by Crippen LogP contribution is 2.31. The molecule has 3 heterocycles. The van der Waals surface area contributed by atoms with E-state index in [0.29, 0.717) is 11.9 Å². The number of halogens is 3. The third-order valence-corrected chi connectivity index (χ3v) is 3.29. The van der Waals surface area contributed by atoms with Crippen molar-refractivity contribution in [1.82, 2.24) is 19.6 Å². The summed E-state index contributed by atoms with van der Waals surface area (Å²) in [7, 11) is 1.68. The van der Waals surface area contributed by atoms with Crippen LogP contribution in [0.3, 0.4) is 0 Å². The molecule has 11 heteroatoms. The van der Waals surface area contributed by atoms with Crippen molar-refractivity contribution in [3.63, 3.8) is 0 Å². The van der Waals surface area contributed by atoms with Crippen molar-refractivity contribution in [3.05, 3.63) is 41.3 Å². The minimum atomic E-state index is -2.65. The minimum Gasteiger partial charge on any atom is -0.482 e. The second-order valence-electron chi connectivity index (χ2n) is 5.09. The molecule has 0 radical (unpaired) electrons. The zero-order chi connectivity index (χ0) is 20.5. The Hall–Kier alpha value is -2.85. The molecule has 8 nitrogen and oxygen atoms in total. The minimum absolute atomic E-state index is 0.0356. The number of methoxy groups -OCH3 is 1. The van der Waals surface area contributed by atoms with Gasteiger partial charge in [0.15, 0.2) is 17.7 Å². The zero-order valence-corrected chi connectivity index (χ0v) is 15.8. The number of aldehydes is 1. The number of rotatable bonds is 7. The number of nitrogens with zero attached hydrogens (tertiary/aromatic N) is 4. The molecule has 0 aliphatic carbocycles. The van der Waals surface area contributed by atoms with Crippen molar-refractivity contribution in [2.24, 2.45) is 0 Å². The Morgan fingerprint density at radius 2 is 2.11 bits per heavy atom. The van der Waals surface area contributed by atoms with Crippen LogP contribution in [0.25, 0.3) is 5.65 Å². The lowest BCUT2D eigenvalue weighted by molar-refractivity contribution is 0.0804. The van der Waals surface area contributed by atoms with Gasteiger partial charge in [0, 0.05) is 44.3 Å². The van der Waals surface area contributed by atoms with Gasteiger partial charge in [-0.1, -0.05) is 11.6 Å². The molecule has 0 unspecified atom stereocenters. The molecule has 0 aromatic carbocycles. The van der Waals surface area contributed by atoms with Crippen molar-refractivity contribution < 1.29 is 27.8 Å². The molecule has 0 spiro atoms. The molecule has 150 valence electrons. The number of fused-ring (bicyclic) bond motifs is 1. The molecule has 0 aliphatic heterocycles. The topological polar surface area (TPSA) is 87.8 Å². The fraction of sp³-hybridized carbons (Fsp3) is 0.294. The van der Waals surface area contributed by atoms with E-state index in [9.17, 15) is 13.6 Å². The molecule has 0 saturated heterocycles. The number of hydrogen-bond acceptors (Lipinski definition) is 7. The monoisotopic (exact) mass is 414 g/mol. The quantitative estimate of drug-likeness (QED) is 0.545. The first-order valence-corrected chi connectivity index (χ1v) is 8.39. The summed E-state index contributed by atoms with van der Waals surface area (Å²) >= 11 is 5.79. The average molecular weight is 415 g/mol. The summed E-state index contributed by atoms with van der Waals surface area (Å²) in [6.45, 7) is 1.95. The molecule has 3 aromatic rings. The fourth-order valence-electron chi connectivity index (χ4n) is 1.84. The average Bonchev–Trinajstić information content (AvgIpc) is 3.10. The molecule has 0 aliphatic rings.